The molecule has 44 heavy (non-hydrogen) atoms. The van der Waals surface area contributed by atoms with E-state index in [0.29, 0.717) is 5.56 Å². The van der Waals surface area contributed by atoms with Crippen molar-refractivity contribution in [2.75, 3.05) is 18.4 Å². The van der Waals surface area contributed by atoms with E-state index in [9.17, 15) is 18.4 Å². The Hall–Kier alpha value is -5.03. The first kappa shape index (κ1) is 29.1. The van der Waals surface area contributed by atoms with Crippen LogP contribution in [-0.4, -0.2) is 49.5 Å². The number of rotatable bonds is 9. The monoisotopic (exact) mass is 595 g/mol. The molecular weight excluding hydrogens is 564 g/mol. The van der Waals surface area contributed by atoms with Crippen LogP contribution in [0, 0.1) is 11.6 Å². The van der Waals surface area contributed by atoms with Crippen LogP contribution >= 0.6 is 0 Å². The van der Waals surface area contributed by atoms with Gasteiger partial charge in [-0.1, -0.05) is 42.5 Å². The van der Waals surface area contributed by atoms with Crippen LogP contribution in [0.5, 0.6) is 0 Å². The van der Waals surface area contributed by atoms with Gasteiger partial charge in [0.15, 0.2) is 11.6 Å². The zero-order valence-corrected chi connectivity index (χ0v) is 23.9. The molecule has 0 bridgehead atoms. The second kappa shape index (κ2) is 13.1. The maximum absolute atomic E-state index is 13.6. The third kappa shape index (κ3) is 6.78. The Morgan fingerprint density at radius 1 is 0.886 bits per heavy atom. The van der Waals surface area contributed by atoms with Crippen LogP contribution in [0.4, 0.5) is 14.6 Å². The highest BCUT2D eigenvalue weighted by Crippen LogP contribution is 2.24. The van der Waals surface area contributed by atoms with E-state index < -0.39 is 23.1 Å². The average Bonchev–Trinajstić information content (AvgIpc) is 3.04. The van der Waals surface area contributed by atoms with Gasteiger partial charge in [-0.3, -0.25) is 19.1 Å². The van der Waals surface area contributed by atoms with Crippen molar-refractivity contribution in [2.24, 2.45) is 0 Å². The van der Waals surface area contributed by atoms with E-state index in [2.05, 4.69) is 54.8 Å². The summed E-state index contributed by atoms with van der Waals surface area (Å²) in [5.74, 6) is -1.83. The first-order valence-electron chi connectivity index (χ1n) is 14.5. The molecule has 0 aliphatic carbocycles. The lowest BCUT2D eigenvalue weighted by Gasteiger charge is -2.32. The topological polar surface area (TPSA) is 105 Å². The number of carbonyl (C=O) groups excluding carboxylic acids is 1. The minimum atomic E-state index is -1.01. The van der Waals surface area contributed by atoms with Gasteiger partial charge in [-0.05, 0) is 53.8 Å². The minimum Gasteiger partial charge on any atom is -0.367 e. The number of aromatic nitrogens is 4. The molecule has 9 nitrogen and oxygen atoms in total. The molecule has 11 heteroatoms. The van der Waals surface area contributed by atoms with Gasteiger partial charge in [0.05, 0.1) is 18.4 Å². The molecule has 1 aliphatic rings. The number of halogens is 2. The molecule has 0 spiro atoms. The van der Waals surface area contributed by atoms with Gasteiger partial charge in [-0.25, -0.2) is 23.7 Å². The van der Waals surface area contributed by atoms with Gasteiger partial charge in [0.1, 0.15) is 17.7 Å². The van der Waals surface area contributed by atoms with Crippen molar-refractivity contribution in [2.45, 2.75) is 38.5 Å². The number of hydrogen-bond donors (Lipinski definition) is 2. The molecule has 6 rings (SSSR count). The molecule has 0 saturated carbocycles. The summed E-state index contributed by atoms with van der Waals surface area (Å²) >= 11 is 0. The van der Waals surface area contributed by atoms with E-state index in [1.165, 1.54) is 28.7 Å². The third-order valence-electron chi connectivity index (χ3n) is 7.81. The van der Waals surface area contributed by atoms with Crippen LogP contribution in [0.25, 0.3) is 10.9 Å². The predicted molar refractivity (Wildman–Crippen MR) is 163 cm³/mol. The van der Waals surface area contributed by atoms with Gasteiger partial charge in [0.25, 0.3) is 11.5 Å². The Bertz CT molecular complexity index is 1840. The molecule has 3 heterocycles. The highest BCUT2D eigenvalue weighted by Gasteiger charge is 2.20. The number of likely N-dealkylation sites (tertiary alicyclic amines) is 1. The number of carbonyl (C=O) groups is 1. The van der Waals surface area contributed by atoms with Crippen molar-refractivity contribution >= 4 is 22.6 Å². The number of nitrogens with one attached hydrogen (secondary N) is 2. The van der Waals surface area contributed by atoms with Gasteiger partial charge in [0.2, 0.25) is 0 Å². The highest BCUT2D eigenvalue weighted by atomic mass is 19.2. The summed E-state index contributed by atoms with van der Waals surface area (Å²) in [6.45, 7) is 3.03. The van der Waals surface area contributed by atoms with Gasteiger partial charge < -0.3 is 10.6 Å². The summed E-state index contributed by atoms with van der Waals surface area (Å²) in [5, 5.41) is 7.24. The normalized spacial score (nSPS) is 14.0. The second-order valence-corrected chi connectivity index (χ2v) is 10.9. The highest BCUT2D eigenvalue weighted by molar-refractivity contribution is 5.93. The molecule has 0 radical (unpaired) electrons. The molecular formula is C33H31F2N7O2. The molecule has 0 atom stereocenters. The van der Waals surface area contributed by atoms with E-state index in [1.54, 1.807) is 6.33 Å². The van der Waals surface area contributed by atoms with Crippen molar-refractivity contribution in [3.8, 4) is 0 Å². The number of piperidine rings is 1. The number of amides is 1. The van der Waals surface area contributed by atoms with Crippen molar-refractivity contribution in [1.29, 1.82) is 0 Å². The Balaban J connectivity index is 1.09. The molecule has 224 valence electrons. The lowest BCUT2D eigenvalue weighted by atomic mass is 10.0. The smallest absolute Gasteiger partial charge is 0.266 e. The van der Waals surface area contributed by atoms with Gasteiger partial charge in [0, 0.05) is 43.8 Å². The summed E-state index contributed by atoms with van der Waals surface area (Å²) in [4.78, 5) is 41.3. The van der Waals surface area contributed by atoms with Crippen LogP contribution in [0.1, 0.15) is 39.9 Å². The van der Waals surface area contributed by atoms with Crippen molar-refractivity contribution < 1.29 is 13.6 Å². The first-order chi connectivity index (χ1) is 21.4. The summed E-state index contributed by atoms with van der Waals surface area (Å²) in [5.41, 5.74) is 2.54. The van der Waals surface area contributed by atoms with Crippen LogP contribution in [0.3, 0.4) is 0 Å². The Labute approximate surface area is 252 Å². The van der Waals surface area contributed by atoms with E-state index in [-0.39, 0.29) is 24.7 Å². The first-order valence-corrected chi connectivity index (χ1v) is 14.5. The molecule has 2 aromatic heterocycles. The number of hydrogen-bond acceptors (Lipinski definition) is 7. The van der Waals surface area contributed by atoms with Crippen molar-refractivity contribution in [1.82, 2.24) is 29.7 Å². The molecule has 1 aliphatic heterocycles. The fourth-order valence-corrected chi connectivity index (χ4v) is 5.43. The quantitative estimate of drug-likeness (QED) is 0.258. The number of anilines is 1. The van der Waals surface area contributed by atoms with Crippen molar-refractivity contribution in [3.63, 3.8) is 0 Å². The SMILES string of the molecule is O=C(NCc1ccc2ncnc(NC3CCN(Cc4ccccc4)CC3)c2c1)c1cncn(Cc2ccc(F)c(F)c2)c1=O. The zero-order chi connectivity index (χ0) is 30.5. The second-order valence-electron chi connectivity index (χ2n) is 10.9. The van der Waals surface area contributed by atoms with Crippen LogP contribution in [0.15, 0.2) is 90.4 Å². The summed E-state index contributed by atoms with van der Waals surface area (Å²) < 4.78 is 28.1. The maximum atomic E-state index is 13.6. The fourth-order valence-electron chi connectivity index (χ4n) is 5.43. The Kier molecular flexibility index (Phi) is 8.64. The molecule has 5 aromatic rings. The van der Waals surface area contributed by atoms with E-state index in [4.69, 9.17) is 0 Å². The van der Waals surface area contributed by atoms with E-state index in [0.717, 1.165) is 66.9 Å². The fraction of sp³-hybridized carbons (Fsp3) is 0.242. The van der Waals surface area contributed by atoms with Gasteiger partial charge in [-0.2, -0.15) is 0 Å². The lowest BCUT2D eigenvalue weighted by molar-refractivity contribution is 0.0948. The summed E-state index contributed by atoms with van der Waals surface area (Å²) in [6.07, 6.45) is 5.98. The molecule has 2 N–H and O–H groups in total. The van der Waals surface area contributed by atoms with Gasteiger partial charge in [-0.15, -0.1) is 0 Å². The molecule has 0 unspecified atom stereocenters. The standard InChI is InChI=1S/C33H31F2N7O2/c34-28-8-6-24(15-29(28)35)19-42-21-36-17-27(33(42)44)32(43)37-16-23-7-9-30-26(14-23)31(39-20-38-30)40-25-10-12-41(13-11-25)18-22-4-2-1-3-5-22/h1-9,14-15,17,20-21,25H,10-13,16,18-19H2,(H,37,43)(H,38,39,40). The van der Waals surface area contributed by atoms with E-state index >= 15 is 0 Å². The average molecular weight is 596 g/mol. The lowest BCUT2D eigenvalue weighted by Crippen LogP contribution is -2.38. The number of fused-ring (bicyclic) bond motifs is 1. The van der Waals surface area contributed by atoms with E-state index in [1.807, 2.05) is 24.3 Å². The summed E-state index contributed by atoms with van der Waals surface area (Å²) in [6, 6.07) is 19.8. The van der Waals surface area contributed by atoms with Crippen LogP contribution in [-0.2, 0) is 19.6 Å². The predicted octanol–water partition coefficient (Wildman–Crippen LogP) is 4.52. The maximum Gasteiger partial charge on any atom is 0.266 e. The zero-order valence-electron chi connectivity index (χ0n) is 23.9. The molecule has 3 aromatic carbocycles. The molecule has 1 saturated heterocycles. The number of benzene rings is 3. The Morgan fingerprint density at radius 2 is 1.68 bits per heavy atom. The summed E-state index contributed by atoms with van der Waals surface area (Å²) in [7, 11) is 0. The molecule has 1 amide bonds. The Morgan fingerprint density at radius 3 is 2.48 bits per heavy atom. The molecule has 1 fully saturated rings. The van der Waals surface area contributed by atoms with Gasteiger partial charge >= 0.3 is 0 Å². The van der Waals surface area contributed by atoms with Crippen LogP contribution < -0.4 is 16.2 Å². The minimum absolute atomic E-state index is 0.0589. The van der Waals surface area contributed by atoms with Crippen molar-refractivity contribution in [3.05, 3.63) is 130 Å². The third-order valence-corrected chi connectivity index (χ3v) is 7.81. The largest absolute Gasteiger partial charge is 0.367 e. The number of nitrogens with zero attached hydrogens (tertiary/aromatic N) is 5. The van der Waals surface area contributed by atoms with Crippen LogP contribution in [0.2, 0.25) is 0 Å².